The molecule has 5 heterocycles. The molecule has 11 nitrogen and oxygen atoms in total. The Morgan fingerprint density at radius 3 is 2.20 bits per heavy atom. The van der Waals surface area contributed by atoms with Crippen molar-refractivity contribution in [3.8, 4) is 0 Å². The highest BCUT2D eigenvalue weighted by molar-refractivity contribution is 8.13. The number of amidine groups is 1. The van der Waals surface area contributed by atoms with Gasteiger partial charge in [-0.15, -0.1) is 0 Å². The predicted molar refractivity (Wildman–Crippen MR) is 203 cm³/mol. The number of carbonyl (C=O) groups excluding carboxylic acids is 1. The van der Waals surface area contributed by atoms with Crippen molar-refractivity contribution < 1.29 is 37.3 Å². The van der Waals surface area contributed by atoms with Crippen molar-refractivity contribution in [1.82, 2.24) is 4.90 Å². The van der Waals surface area contributed by atoms with Crippen molar-refractivity contribution in [3.05, 3.63) is 0 Å². The number of likely N-dealkylation sites (N-methyl/N-ethyl adjacent to an activating group) is 1. The average Bonchev–Trinajstić information content (AvgIpc) is 3.39. The molecule has 2 N–H and O–H groups in total. The van der Waals surface area contributed by atoms with Crippen LogP contribution in [-0.2, 0) is 37.3 Å². The van der Waals surface area contributed by atoms with Crippen LogP contribution in [0.3, 0.4) is 0 Å². The van der Waals surface area contributed by atoms with Gasteiger partial charge in [0.1, 0.15) is 17.8 Å². The number of hydrogen-bond acceptors (Lipinski definition) is 12. The van der Waals surface area contributed by atoms with Gasteiger partial charge >= 0.3 is 5.97 Å². The Balaban J connectivity index is 1.67. The molecule has 0 radical (unpaired) electrons. The summed E-state index contributed by atoms with van der Waals surface area (Å²) < 4.78 is 49.3. The first-order valence-electron chi connectivity index (χ1n) is 18.8. The summed E-state index contributed by atoms with van der Waals surface area (Å²) >= 11 is 1.54. The van der Waals surface area contributed by atoms with E-state index in [1.807, 2.05) is 20.8 Å². The summed E-state index contributed by atoms with van der Waals surface area (Å²) in [6.45, 7) is 27.7. The molecule has 0 amide bonds. The molecule has 4 fully saturated rings. The van der Waals surface area contributed by atoms with E-state index >= 15 is 0 Å². The van der Waals surface area contributed by atoms with E-state index in [2.05, 4.69) is 86.0 Å². The molecule has 5 unspecified atom stereocenters. The van der Waals surface area contributed by atoms with Crippen molar-refractivity contribution in [2.75, 3.05) is 19.8 Å². The SMILES string of the molecule is CC[C@H]1OC(=O)[C@H](C)[C@@H](O[Si](C)(C)C)[C@H](C)[C@@H](O[C@@H]2O[C@H](C)C[C@H](N(C)C)[C@@H]2O[Si](C)(C)C)[C@@]2(C)CC(C)C3(OC1(C)C1N=C(N)SCC13)O2. The zero-order valence-corrected chi connectivity index (χ0v) is 36.2. The van der Waals surface area contributed by atoms with Gasteiger partial charge in [-0.1, -0.05) is 32.5 Å². The third kappa shape index (κ3) is 7.68. The number of carbonyl (C=O) groups is 1. The molecule has 5 rings (SSSR count). The van der Waals surface area contributed by atoms with Gasteiger partial charge in [0.15, 0.2) is 33.9 Å². The minimum atomic E-state index is -2.18. The van der Waals surface area contributed by atoms with Crippen LogP contribution in [-0.4, -0.2) is 118 Å². The first-order valence-corrected chi connectivity index (χ1v) is 26.6. The van der Waals surface area contributed by atoms with Gasteiger partial charge in [-0.25, -0.2) is 0 Å². The maximum Gasteiger partial charge on any atom is 0.311 e. The van der Waals surface area contributed by atoms with Gasteiger partial charge in [0.25, 0.3) is 0 Å². The Bertz CT molecular complexity index is 1280. The van der Waals surface area contributed by atoms with Gasteiger partial charge in [-0.2, -0.15) is 0 Å². The molecule has 3 bridgehead atoms. The van der Waals surface area contributed by atoms with Crippen LogP contribution in [0.4, 0.5) is 0 Å². The lowest BCUT2D eigenvalue weighted by atomic mass is 9.76. The summed E-state index contributed by atoms with van der Waals surface area (Å²) in [6.07, 6.45) is -0.568. The van der Waals surface area contributed by atoms with Crippen LogP contribution in [0.1, 0.15) is 67.7 Å². The third-order valence-electron chi connectivity index (χ3n) is 11.6. The summed E-state index contributed by atoms with van der Waals surface area (Å²) in [6, 6.07) is -0.248. The number of fused-ring (bicyclic) bond motifs is 4. The number of aliphatic imine (C=N–C) groups is 1. The zero-order chi connectivity index (χ0) is 37.4. The summed E-state index contributed by atoms with van der Waals surface area (Å²) in [5, 5.41) is 0.524. The number of hydrogen-bond donors (Lipinski definition) is 1. The third-order valence-corrected chi connectivity index (χ3v) is 14.5. The minimum Gasteiger partial charge on any atom is -0.459 e. The highest BCUT2D eigenvalue weighted by Crippen LogP contribution is 2.61. The summed E-state index contributed by atoms with van der Waals surface area (Å²) in [5.41, 5.74) is 4.60. The molecule has 0 aromatic heterocycles. The lowest BCUT2D eigenvalue weighted by Gasteiger charge is -2.50. The van der Waals surface area contributed by atoms with E-state index < -0.39 is 64.1 Å². The zero-order valence-electron chi connectivity index (χ0n) is 33.4. The molecule has 0 aliphatic carbocycles. The second kappa shape index (κ2) is 14.3. The van der Waals surface area contributed by atoms with E-state index in [0.29, 0.717) is 23.8 Å². The van der Waals surface area contributed by atoms with E-state index in [1.165, 1.54) is 11.8 Å². The lowest BCUT2D eigenvalue weighted by molar-refractivity contribution is -0.335. The summed E-state index contributed by atoms with van der Waals surface area (Å²) in [5.74, 6) is -1.61. The lowest BCUT2D eigenvalue weighted by Crippen LogP contribution is -2.62. The summed E-state index contributed by atoms with van der Waals surface area (Å²) in [7, 11) is -0.0167. The van der Waals surface area contributed by atoms with Crippen molar-refractivity contribution in [2.24, 2.45) is 34.4 Å². The second-order valence-corrected chi connectivity index (χ2v) is 28.3. The van der Waals surface area contributed by atoms with Crippen LogP contribution < -0.4 is 5.73 Å². The van der Waals surface area contributed by atoms with E-state index in [-0.39, 0.29) is 48.0 Å². The number of nitrogens with two attached hydrogens (primary N) is 1. The Labute approximate surface area is 308 Å². The standard InChI is InChI=1S/C36H67N3O8SSi2/c1-16-26-35(7)29-24(19-48-33(37)38-29)36(47-35)20(2)18-34(6,46-36)30(22(4)27(44-49(10,11)12)23(5)31(40)42-26)43-32-28(45-50(13,14)15)25(39(8)9)17-21(3)41-32/h20-30,32H,16-19H2,1-15H3,(H2,37,38)/t20?,21-,22+,23-,24?,25+,26-,27+,28+,29?,30-,32+,34-,35?,36?/m1/s1. The number of thioether (sulfide) groups is 1. The summed E-state index contributed by atoms with van der Waals surface area (Å²) in [4.78, 5) is 21.6. The number of nitrogens with zero attached hydrogens (tertiary/aromatic N) is 2. The molecule has 4 saturated heterocycles. The first-order chi connectivity index (χ1) is 22.9. The molecule has 0 saturated carbocycles. The van der Waals surface area contributed by atoms with Crippen LogP contribution in [0, 0.1) is 23.7 Å². The molecule has 50 heavy (non-hydrogen) atoms. The number of cyclic esters (lactones) is 1. The fraction of sp³-hybridized carbons (Fsp3) is 0.944. The topological polar surface area (TPSA) is 123 Å². The molecule has 0 aromatic carbocycles. The minimum absolute atomic E-state index is 0.0206. The first kappa shape index (κ1) is 40.6. The highest BCUT2D eigenvalue weighted by Gasteiger charge is 2.72. The van der Waals surface area contributed by atoms with E-state index in [9.17, 15) is 4.79 Å². The molecule has 14 heteroatoms. The fourth-order valence-corrected chi connectivity index (χ4v) is 12.8. The molecule has 288 valence electrons. The Hall–Kier alpha value is -0.556. The van der Waals surface area contributed by atoms with Gasteiger partial charge in [-0.05, 0) is 100 Å². The quantitative estimate of drug-likeness (QED) is 0.238. The molecular weight excluding hydrogens is 691 g/mol. The van der Waals surface area contributed by atoms with Crippen LogP contribution in [0.15, 0.2) is 4.99 Å². The van der Waals surface area contributed by atoms with E-state index in [4.69, 9.17) is 43.3 Å². The normalized spacial score (nSPS) is 47.3. The van der Waals surface area contributed by atoms with Gasteiger partial charge < -0.3 is 43.2 Å². The van der Waals surface area contributed by atoms with E-state index in [0.717, 1.165) is 6.42 Å². The molecule has 5 aliphatic rings. The maximum atomic E-state index is 14.3. The van der Waals surface area contributed by atoms with Gasteiger partial charge in [0, 0.05) is 29.5 Å². The molecular formula is C36H67N3O8SSi2. The van der Waals surface area contributed by atoms with Crippen molar-refractivity contribution in [3.63, 3.8) is 0 Å². The molecule has 1 spiro atoms. The van der Waals surface area contributed by atoms with Crippen molar-refractivity contribution >= 4 is 39.5 Å². The Morgan fingerprint density at radius 1 is 1.00 bits per heavy atom. The van der Waals surface area contributed by atoms with E-state index in [1.54, 1.807) is 0 Å². The van der Waals surface area contributed by atoms with Crippen LogP contribution >= 0.6 is 11.8 Å². The van der Waals surface area contributed by atoms with Crippen molar-refractivity contribution in [2.45, 2.75) is 173 Å². The Kier molecular flexibility index (Phi) is 11.6. The molecule has 0 aromatic rings. The number of rotatable bonds is 8. The van der Waals surface area contributed by atoms with Gasteiger partial charge in [0.05, 0.1) is 35.9 Å². The highest BCUT2D eigenvalue weighted by atomic mass is 32.2. The fourth-order valence-electron chi connectivity index (χ4n) is 9.50. The van der Waals surface area contributed by atoms with Crippen LogP contribution in [0.5, 0.6) is 0 Å². The molecule has 5 aliphatic heterocycles. The van der Waals surface area contributed by atoms with Crippen LogP contribution in [0.2, 0.25) is 39.3 Å². The second-order valence-electron chi connectivity index (χ2n) is 18.4. The smallest absolute Gasteiger partial charge is 0.311 e. The van der Waals surface area contributed by atoms with Crippen LogP contribution in [0.25, 0.3) is 0 Å². The predicted octanol–water partition coefficient (Wildman–Crippen LogP) is 5.83. The molecule has 15 atom stereocenters. The number of ether oxygens (including phenoxy) is 5. The van der Waals surface area contributed by atoms with Gasteiger partial charge in [-0.3, -0.25) is 9.79 Å². The van der Waals surface area contributed by atoms with Gasteiger partial charge in [0.2, 0.25) is 0 Å². The maximum absolute atomic E-state index is 14.3. The number of esters is 1. The Morgan fingerprint density at radius 2 is 1.62 bits per heavy atom. The monoisotopic (exact) mass is 757 g/mol. The largest absolute Gasteiger partial charge is 0.459 e. The van der Waals surface area contributed by atoms with Crippen molar-refractivity contribution in [1.29, 1.82) is 0 Å². The average molecular weight is 758 g/mol.